The van der Waals surface area contributed by atoms with E-state index in [0.717, 1.165) is 0 Å². The van der Waals surface area contributed by atoms with Crippen LogP contribution in [0.3, 0.4) is 0 Å². The molecule has 0 radical (unpaired) electrons. The molecule has 2 aromatic heterocycles. The van der Waals surface area contributed by atoms with Crippen LogP contribution < -0.4 is 0 Å². The van der Waals surface area contributed by atoms with Crippen LogP contribution >= 0.6 is 0 Å². The molecule has 0 aliphatic rings. The summed E-state index contributed by atoms with van der Waals surface area (Å²) in [6.45, 7) is -0.145. The normalized spacial score (nSPS) is 10.4. The largest absolute Gasteiger partial charge is 0.467 e. The number of carbonyl (C=O) groups excluding carboxylic acids is 1. The van der Waals surface area contributed by atoms with E-state index in [0.29, 0.717) is 11.4 Å². The van der Waals surface area contributed by atoms with Crippen molar-refractivity contribution in [2.45, 2.75) is 6.10 Å². The van der Waals surface area contributed by atoms with Gasteiger partial charge >= 0.3 is 5.97 Å². The van der Waals surface area contributed by atoms with E-state index in [1.807, 2.05) is 36.4 Å². The summed E-state index contributed by atoms with van der Waals surface area (Å²) in [5.41, 5.74) is 1.40. The van der Waals surface area contributed by atoms with Crippen molar-refractivity contribution >= 4 is 5.97 Å². The summed E-state index contributed by atoms with van der Waals surface area (Å²) in [7, 11) is 1.32. The first kappa shape index (κ1) is 13.2. The fourth-order valence-corrected chi connectivity index (χ4v) is 1.59. The fraction of sp³-hybridized carbons (Fsp3) is 0.214. The van der Waals surface area contributed by atoms with E-state index in [4.69, 9.17) is 4.74 Å². The third-order valence-electron chi connectivity index (χ3n) is 2.51. The molecule has 0 saturated carbocycles. The maximum Gasteiger partial charge on any atom is 0.331 e. The van der Waals surface area contributed by atoms with Crippen molar-refractivity contribution in [1.82, 2.24) is 9.97 Å². The van der Waals surface area contributed by atoms with Crippen LogP contribution in [-0.2, 0) is 14.3 Å². The Bertz CT molecular complexity index is 477. The number of ether oxygens (including phenoxy) is 2. The van der Waals surface area contributed by atoms with E-state index in [1.165, 1.54) is 7.11 Å². The Kier molecular flexibility index (Phi) is 4.58. The molecular formula is C14H14N2O3. The van der Waals surface area contributed by atoms with E-state index in [2.05, 4.69) is 14.7 Å². The summed E-state index contributed by atoms with van der Waals surface area (Å²) in [5.74, 6) is -0.433. The average molecular weight is 258 g/mol. The van der Waals surface area contributed by atoms with Gasteiger partial charge in [-0.15, -0.1) is 0 Å². The van der Waals surface area contributed by atoms with Crippen LogP contribution in [-0.4, -0.2) is 29.7 Å². The molecule has 0 atom stereocenters. The van der Waals surface area contributed by atoms with Crippen molar-refractivity contribution < 1.29 is 14.3 Å². The number of carbonyl (C=O) groups is 1. The highest BCUT2D eigenvalue weighted by atomic mass is 16.6. The first-order chi connectivity index (χ1) is 9.31. The van der Waals surface area contributed by atoms with Gasteiger partial charge < -0.3 is 9.47 Å². The molecule has 0 aliphatic heterocycles. The maximum atomic E-state index is 11.2. The Hall–Kier alpha value is -2.27. The van der Waals surface area contributed by atoms with Gasteiger partial charge in [-0.25, -0.2) is 4.79 Å². The van der Waals surface area contributed by atoms with Crippen molar-refractivity contribution in [2.24, 2.45) is 0 Å². The summed E-state index contributed by atoms with van der Waals surface area (Å²) in [5, 5.41) is 0. The highest BCUT2D eigenvalue weighted by Crippen LogP contribution is 2.22. The smallest absolute Gasteiger partial charge is 0.331 e. The lowest BCUT2D eigenvalue weighted by molar-refractivity contribution is -0.147. The molecule has 2 rings (SSSR count). The average Bonchev–Trinajstić information content (AvgIpc) is 2.49. The predicted octanol–water partition coefficient (Wildman–Crippen LogP) is 1.76. The zero-order chi connectivity index (χ0) is 13.5. The van der Waals surface area contributed by atoms with Crippen LogP contribution in [0.5, 0.6) is 0 Å². The van der Waals surface area contributed by atoms with Gasteiger partial charge in [0.05, 0.1) is 18.5 Å². The molecular weight excluding hydrogens is 244 g/mol. The van der Waals surface area contributed by atoms with Crippen molar-refractivity contribution in [3.05, 3.63) is 60.2 Å². The van der Waals surface area contributed by atoms with Gasteiger partial charge in [0.1, 0.15) is 12.7 Å². The first-order valence-electron chi connectivity index (χ1n) is 5.81. The number of pyridine rings is 2. The second-order valence-electron chi connectivity index (χ2n) is 3.78. The van der Waals surface area contributed by atoms with Crippen molar-refractivity contribution in [3.8, 4) is 0 Å². The van der Waals surface area contributed by atoms with Crippen molar-refractivity contribution in [3.63, 3.8) is 0 Å². The Morgan fingerprint density at radius 3 is 2.11 bits per heavy atom. The minimum Gasteiger partial charge on any atom is -0.467 e. The molecule has 0 N–H and O–H groups in total. The van der Waals surface area contributed by atoms with Crippen molar-refractivity contribution in [2.75, 3.05) is 13.7 Å². The number of rotatable bonds is 5. The Labute approximate surface area is 111 Å². The zero-order valence-electron chi connectivity index (χ0n) is 10.5. The van der Waals surface area contributed by atoms with Gasteiger partial charge in [0.25, 0.3) is 0 Å². The fourth-order valence-electron chi connectivity index (χ4n) is 1.59. The second kappa shape index (κ2) is 6.61. The van der Waals surface area contributed by atoms with E-state index >= 15 is 0 Å². The molecule has 0 amide bonds. The minimum atomic E-state index is -0.485. The summed E-state index contributed by atoms with van der Waals surface area (Å²) < 4.78 is 10.1. The number of esters is 1. The molecule has 0 aromatic carbocycles. The molecule has 2 heterocycles. The van der Waals surface area contributed by atoms with Gasteiger partial charge in [0, 0.05) is 12.4 Å². The standard InChI is InChI=1S/C14H14N2O3/c1-18-13(17)10-19-14(11-6-2-4-8-15-11)12-7-3-5-9-16-12/h2-9,14H,10H2,1H3. The molecule has 0 bridgehead atoms. The highest BCUT2D eigenvalue weighted by molar-refractivity contribution is 5.70. The molecule has 0 spiro atoms. The van der Waals surface area contributed by atoms with E-state index < -0.39 is 12.1 Å². The monoisotopic (exact) mass is 258 g/mol. The van der Waals surface area contributed by atoms with E-state index in [-0.39, 0.29) is 6.61 Å². The third kappa shape index (κ3) is 3.59. The molecule has 2 aromatic rings. The lowest BCUT2D eigenvalue weighted by Gasteiger charge is -2.16. The van der Waals surface area contributed by atoms with Gasteiger partial charge in [-0.1, -0.05) is 12.1 Å². The summed E-state index contributed by atoms with van der Waals surface area (Å²) in [4.78, 5) is 19.7. The zero-order valence-corrected chi connectivity index (χ0v) is 10.5. The SMILES string of the molecule is COC(=O)COC(c1ccccn1)c1ccccn1. The number of nitrogens with zero attached hydrogens (tertiary/aromatic N) is 2. The lowest BCUT2D eigenvalue weighted by atomic mass is 10.1. The van der Waals surface area contributed by atoms with Crippen LogP contribution in [0.15, 0.2) is 48.8 Å². The van der Waals surface area contributed by atoms with Crippen LogP contribution in [0.2, 0.25) is 0 Å². The molecule has 0 aliphatic carbocycles. The predicted molar refractivity (Wildman–Crippen MR) is 68.3 cm³/mol. The van der Waals surface area contributed by atoms with Gasteiger partial charge in [0.2, 0.25) is 0 Å². The molecule has 5 heteroatoms. The molecule has 0 saturated heterocycles. The lowest BCUT2D eigenvalue weighted by Crippen LogP contribution is -2.16. The minimum absolute atomic E-state index is 0.145. The molecule has 5 nitrogen and oxygen atoms in total. The van der Waals surface area contributed by atoms with Gasteiger partial charge in [0.15, 0.2) is 0 Å². The highest BCUT2D eigenvalue weighted by Gasteiger charge is 2.18. The van der Waals surface area contributed by atoms with Crippen molar-refractivity contribution in [1.29, 1.82) is 0 Å². The van der Waals surface area contributed by atoms with Crippen LogP contribution in [0.1, 0.15) is 17.5 Å². The Morgan fingerprint density at radius 2 is 1.68 bits per heavy atom. The Balaban J connectivity index is 2.21. The van der Waals surface area contributed by atoms with Gasteiger partial charge in [-0.3, -0.25) is 9.97 Å². The quantitative estimate of drug-likeness (QED) is 0.765. The maximum absolute atomic E-state index is 11.2. The number of hydrogen-bond acceptors (Lipinski definition) is 5. The molecule has 19 heavy (non-hydrogen) atoms. The molecule has 0 fully saturated rings. The topological polar surface area (TPSA) is 61.3 Å². The van der Waals surface area contributed by atoms with Crippen LogP contribution in [0, 0.1) is 0 Å². The van der Waals surface area contributed by atoms with E-state index in [9.17, 15) is 4.79 Å². The second-order valence-corrected chi connectivity index (χ2v) is 3.78. The van der Waals surface area contributed by atoms with Crippen LogP contribution in [0.25, 0.3) is 0 Å². The van der Waals surface area contributed by atoms with Crippen LogP contribution in [0.4, 0.5) is 0 Å². The molecule has 0 unspecified atom stereocenters. The van der Waals surface area contributed by atoms with Gasteiger partial charge in [-0.05, 0) is 24.3 Å². The molecule has 98 valence electrons. The third-order valence-corrected chi connectivity index (χ3v) is 2.51. The summed E-state index contributed by atoms with van der Waals surface area (Å²) >= 11 is 0. The first-order valence-corrected chi connectivity index (χ1v) is 5.81. The van der Waals surface area contributed by atoms with Gasteiger partial charge in [-0.2, -0.15) is 0 Å². The Morgan fingerprint density at radius 1 is 1.11 bits per heavy atom. The summed E-state index contributed by atoms with van der Waals surface area (Å²) in [6, 6.07) is 11.0. The van der Waals surface area contributed by atoms with E-state index in [1.54, 1.807) is 12.4 Å². The number of hydrogen-bond donors (Lipinski definition) is 0. The summed E-state index contributed by atoms with van der Waals surface area (Å²) in [6.07, 6.45) is 2.86. The number of aromatic nitrogens is 2. The number of methoxy groups -OCH3 is 1.